The molecule has 1 aromatic carbocycles. The van der Waals surface area contributed by atoms with Gasteiger partial charge in [-0.05, 0) is 35.0 Å². The Bertz CT molecular complexity index is 781. The highest BCUT2D eigenvalue weighted by Crippen LogP contribution is 2.30. The van der Waals surface area contributed by atoms with E-state index in [0.717, 1.165) is 32.7 Å². The van der Waals surface area contributed by atoms with Crippen molar-refractivity contribution in [3.8, 4) is 0 Å². The molecule has 3 rings (SSSR count). The summed E-state index contributed by atoms with van der Waals surface area (Å²) in [6.07, 6.45) is 0. The molecule has 98 valence electrons. The Labute approximate surface area is 120 Å². The molecule has 0 aliphatic heterocycles. The van der Waals surface area contributed by atoms with Crippen LogP contribution in [0, 0.1) is 6.92 Å². The zero-order valence-electron chi connectivity index (χ0n) is 11.5. The summed E-state index contributed by atoms with van der Waals surface area (Å²) in [7, 11) is 0. The van der Waals surface area contributed by atoms with Crippen LogP contribution in [0.3, 0.4) is 0 Å². The summed E-state index contributed by atoms with van der Waals surface area (Å²) in [5, 5.41) is 1.09. The predicted octanol–water partition coefficient (Wildman–Crippen LogP) is 4.25. The first-order valence-electron chi connectivity index (χ1n) is 6.33. The number of benzene rings is 1. The Kier molecular flexibility index (Phi) is 2.68. The van der Waals surface area contributed by atoms with Gasteiger partial charge in [0.1, 0.15) is 16.1 Å². The van der Waals surface area contributed by atoms with Gasteiger partial charge in [0, 0.05) is 10.8 Å². The van der Waals surface area contributed by atoms with E-state index in [1.807, 2.05) is 18.2 Å². The SMILES string of the molecule is Cc1c(Br)nc2c3ccccc3nc(C(C)(C)C)n12. The van der Waals surface area contributed by atoms with Crippen molar-refractivity contribution >= 4 is 32.5 Å². The van der Waals surface area contributed by atoms with E-state index >= 15 is 0 Å². The first kappa shape index (κ1) is 12.6. The van der Waals surface area contributed by atoms with Crippen LogP contribution < -0.4 is 0 Å². The topological polar surface area (TPSA) is 30.2 Å². The van der Waals surface area contributed by atoms with Crippen LogP contribution in [0.25, 0.3) is 16.6 Å². The molecule has 2 aromatic heterocycles. The third kappa shape index (κ3) is 1.86. The number of hydrogen-bond acceptors (Lipinski definition) is 2. The van der Waals surface area contributed by atoms with Crippen molar-refractivity contribution in [1.29, 1.82) is 0 Å². The predicted molar refractivity (Wildman–Crippen MR) is 81.6 cm³/mol. The van der Waals surface area contributed by atoms with Crippen LogP contribution in [-0.4, -0.2) is 14.4 Å². The molecule has 0 fully saturated rings. The second-order valence-corrected chi connectivity index (χ2v) is 6.60. The van der Waals surface area contributed by atoms with Gasteiger partial charge < -0.3 is 0 Å². The van der Waals surface area contributed by atoms with Crippen molar-refractivity contribution in [2.75, 3.05) is 0 Å². The van der Waals surface area contributed by atoms with Crippen molar-refractivity contribution in [2.24, 2.45) is 0 Å². The third-order valence-corrected chi connectivity index (χ3v) is 4.05. The highest BCUT2D eigenvalue weighted by atomic mass is 79.9. The van der Waals surface area contributed by atoms with Crippen molar-refractivity contribution in [3.63, 3.8) is 0 Å². The normalized spacial score (nSPS) is 12.5. The van der Waals surface area contributed by atoms with Crippen LogP contribution in [0.5, 0.6) is 0 Å². The van der Waals surface area contributed by atoms with Crippen LogP contribution in [-0.2, 0) is 5.41 Å². The lowest BCUT2D eigenvalue weighted by molar-refractivity contribution is 0.537. The van der Waals surface area contributed by atoms with E-state index in [-0.39, 0.29) is 5.41 Å². The van der Waals surface area contributed by atoms with E-state index < -0.39 is 0 Å². The number of rotatable bonds is 0. The Morgan fingerprint density at radius 2 is 1.79 bits per heavy atom. The fraction of sp³-hybridized carbons (Fsp3) is 0.333. The van der Waals surface area contributed by atoms with Crippen molar-refractivity contribution in [3.05, 3.63) is 40.4 Å². The largest absolute Gasteiger partial charge is 0.283 e. The molecule has 0 aliphatic rings. The minimum Gasteiger partial charge on any atom is -0.283 e. The first-order chi connectivity index (χ1) is 8.89. The molecule has 0 bridgehead atoms. The van der Waals surface area contributed by atoms with Gasteiger partial charge in [0.05, 0.1) is 11.2 Å². The number of hydrogen-bond donors (Lipinski definition) is 0. The summed E-state index contributed by atoms with van der Waals surface area (Å²) in [5.74, 6) is 1.04. The Balaban J connectivity index is 2.59. The summed E-state index contributed by atoms with van der Waals surface area (Å²) >= 11 is 3.54. The molecule has 19 heavy (non-hydrogen) atoms. The standard InChI is InChI=1S/C15H16BrN3/c1-9-12(16)18-13-10-7-5-6-8-11(10)17-14(19(9)13)15(2,3)4/h5-8H,1-4H3. The van der Waals surface area contributed by atoms with Crippen LogP contribution >= 0.6 is 15.9 Å². The molecular weight excluding hydrogens is 302 g/mol. The van der Waals surface area contributed by atoms with E-state index in [4.69, 9.17) is 4.98 Å². The summed E-state index contributed by atoms with van der Waals surface area (Å²) < 4.78 is 3.04. The van der Waals surface area contributed by atoms with E-state index in [1.165, 1.54) is 0 Å². The number of para-hydroxylation sites is 1. The maximum Gasteiger partial charge on any atom is 0.149 e. The summed E-state index contributed by atoms with van der Waals surface area (Å²) in [6.45, 7) is 8.60. The summed E-state index contributed by atoms with van der Waals surface area (Å²) in [4.78, 5) is 9.51. The number of nitrogens with zero attached hydrogens (tertiary/aromatic N) is 3. The Hall–Kier alpha value is -1.42. The smallest absolute Gasteiger partial charge is 0.149 e. The van der Waals surface area contributed by atoms with Gasteiger partial charge in [0.25, 0.3) is 0 Å². The molecule has 0 saturated carbocycles. The average molecular weight is 318 g/mol. The minimum atomic E-state index is -0.0345. The van der Waals surface area contributed by atoms with Gasteiger partial charge in [-0.25, -0.2) is 9.97 Å². The number of halogens is 1. The van der Waals surface area contributed by atoms with Gasteiger partial charge in [0.15, 0.2) is 0 Å². The Morgan fingerprint density at radius 1 is 1.11 bits per heavy atom. The average Bonchev–Trinajstić information content (AvgIpc) is 2.64. The molecule has 4 heteroatoms. The number of fused-ring (bicyclic) bond motifs is 3. The molecule has 0 unspecified atom stereocenters. The second-order valence-electron chi connectivity index (χ2n) is 5.85. The van der Waals surface area contributed by atoms with Crippen LogP contribution in [0.2, 0.25) is 0 Å². The molecule has 0 radical (unpaired) electrons. The van der Waals surface area contributed by atoms with Crippen LogP contribution in [0.4, 0.5) is 0 Å². The van der Waals surface area contributed by atoms with Gasteiger partial charge >= 0.3 is 0 Å². The van der Waals surface area contributed by atoms with E-state index in [1.54, 1.807) is 0 Å². The fourth-order valence-corrected chi connectivity index (χ4v) is 2.69. The molecule has 0 saturated heterocycles. The number of imidazole rings is 1. The molecule has 0 amide bonds. The molecule has 0 N–H and O–H groups in total. The second kappa shape index (κ2) is 4.04. The Morgan fingerprint density at radius 3 is 2.47 bits per heavy atom. The van der Waals surface area contributed by atoms with Gasteiger partial charge in [0.2, 0.25) is 0 Å². The fourth-order valence-electron chi connectivity index (χ4n) is 2.34. The summed E-state index contributed by atoms with van der Waals surface area (Å²) in [6, 6.07) is 8.16. The molecule has 3 aromatic rings. The van der Waals surface area contributed by atoms with Crippen molar-refractivity contribution in [2.45, 2.75) is 33.1 Å². The van der Waals surface area contributed by atoms with Crippen LogP contribution in [0.1, 0.15) is 32.3 Å². The molecule has 0 spiro atoms. The van der Waals surface area contributed by atoms with Crippen molar-refractivity contribution in [1.82, 2.24) is 14.4 Å². The zero-order chi connectivity index (χ0) is 13.8. The molecule has 0 aliphatic carbocycles. The first-order valence-corrected chi connectivity index (χ1v) is 7.12. The number of aryl methyl sites for hydroxylation is 1. The quantitative estimate of drug-likeness (QED) is 0.620. The number of aromatic nitrogens is 3. The minimum absolute atomic E-state index is 0.0345. The molecule has 2 heterocycles. The van der Waals surface area contributed by atoms with Gasteiger partial charge in [-0.1, -0.05) is 32.9 Å². The lowest BCUT2D eigenvalue weighted by Gasteiger charge is -2.21. The van der Waals surface area contributed by atoms with Gasteiger partial charge in [-0.2, -0.15) is 0 Å². The lowest BCUT2D eigenvalue weighted by atomic mass is 9.95. The molecular formula is C15H16BrN3. The lowest BCUT2D eigenvalue weighted by Crippen LogP contribution is -2.19. The monoisotopic (exact) mass is 317 g/mol. The van der Waals surface area contributed by atoms with Crippen LogP contribution in [0.15, 0.2) is 28.9 Å². The van der Waals surface area contributed by atoms with Gasteiger partial charge in [-0.15, -0.1) is 0 Å². The molecule has 0 atom stereocenters. The highest BCUT2D eigenvalue weighted by molar-refractivity contribution is 9.10. The van der Waals surface area contributed by atoms with Crippen molar-refractivity contribution < 1.29 is 0 Å². The molecule has 3 nitrogen and oxygen atoms in total. The third-order valence-electron chi connectivity index (χ3n) is 3.30. The summed E-state index contributed by atoms with van der Waals surface area (Å²) in [5.41, 5.74) is 3.03. The van der Waals surface area contributed by atoms with Gasteiger partial charge in [-0.3, -0.25) is 4.40 Å². The highest BCUT2D eigenvalue weighted by Gasteiger charge is 2.23. The zero-order valence-corrected chi connectivity index (χ0v) is 13.1. The van der Waals surface area contributed by atoms with E-state index in [0.29, 0.717) is 0 Å². The van der Waals surface area contributed by atoms with E-state index in [2.05, 4.69) is 59.1 Å². The maximum absolute atomic E-state index is 4.85. The maximum atomic E-state index is 4.85. The van der Waals surface area contributed by atoms with E-state index in [9.17, 15) is 0 Å².